The Kier molecular flexibility index (Phi) is 5.19. The van der Waals surface area contributed by atoms with Crippen LogP contribution < -0.4 is 0 Å². The van der Waals surface area contributed by atoms with E-state index in [4.69, 9.17) is 16.3 Å². The highest BCUT2D eigenvalue weighted by Gasteiger charge is 2.48. The Morgan fingerprint density at radius 1 is 1.17 bits per heavy atom. The van der Waals surface area contributed by atoms with E-state index in [-0.39, 0.29) is 11.5 Å². The van der Waals surface area contributed by atoms with Gasteiger partial charge < -0.3 is 14.2 Å². The molecular weight excluding hydrogens is 483 g/mol. The van der Waals surface area contributed by atoms with Crippen LogP contribution in [0, 0.1) is 12.7 Å². The average molecular weight is 507 g/mol. The van der Waals surface area contributed by atoms with Crippen LogP contribution in [0.25, 0.3) is 10.9 Å². The summed E-state index contributed by atoms with van der Waals surface area (Å²) in [5.74, 6) is -1.06. The maximum Gasteiger partial charge on any atom is 0.339 e. The van der Waals surface area contributed by atoms with Crippen LogP contribution >= 0.6 is 11.6 Å². The molecule has 0 N–H and O–H groups in total. The molecule has 6 rings (SSSR count). The van der Waals surface area contributed by atoms with Gasteiger partial charge in [-0.15, -0.1) is 0 Å². The third-order valence-electron chi connectivity index (χ3n) is 7.41. The van der Waals surface area contributed by atoms with Crippen LogP contribution in [0.2, 0.25) is 5.02 Å². The molecule has 4 heterocycles. The first kappa shape index (κ1) is 22.8. The van der Waals surface area contributed by atoms with E-state index >= 15 is 0 Å². The topological polar surface area (TPSA) is 69.4 Å². The average Bonchev–Trinajstić information content (AvgIpc) is 3.45. The lowest BCUT2D eigenvalue weighted by atomic mass is 9.83. The standard InChI is InChI=1S/C27H24ClFN4O3/c1-16-11-19(30-31(16)2)14-33-15-22(20-5-3-17(28)12-24(20)33)25(34)32-9-7-27(8-10-32)23-6-4-18(29)13-21(23)26(35)36-27/h3-6,11-13,15H,7-10,14H2,1-2H3. The maximum atomic E-state index is 13.7. The van der Waals surface area contributed by atoms with E-state index in [2.05, 4.69) is 5.10 Å². The van der Waals surface area contributed by atoms with Gasteiger partial charge >= 0.3 is 5.97 Å². The molecule has 7 nitrogen and oxygen atoms in total. The number of esters is 1. The first-order chi connectivity index (χ1) is 17.2. The molecule has 2 aliphatic heterocycles. The highest BCUT2D eigenvalue weighted by molar-refractivity contribution is 6.31. The van der Waals surface area contributed by atoms with Crippen LogP contribution in [0.1, 0.15) is 50.5 Å². The predicted octanol–water partition coefficient (Wildman–Crippen LogP) is 4.83. The molecule has 9 heteroatoms. The summed E-state index contributed by atoms with van der Waals surface area (Å²) >= 11 is 6.30. The summed E-state index contributed by atoms with van der Waals surface area (Å²) in [6.45, 7) is 3.35. The summed E-state index contributed by atoms with van der Waals surface area (Å²) in [6, 6.07) is 11.8. The van der Waals surface area contributed by atoms with Gasteiger partial charge in [0.2, 0.25) is 0 Å². The van der Waals surface area contributed by atoms with Crippen molar-refractivity contribution >= 4 is 34.4 Å². The van der Waals surface area contributed by atoms with Crippen molar-refractivity contribution < 1.29 is 18.7 Å². The van der Waals surface area contributed by atoms with Crippen molar-refractivity contribution in [3.63, 3.8) is 0 Å². The number of aromatic nitrogens is 3. The van der Waals surface area contributed by atoms with Crippen molar-refractivity contribution in [3.8, 4) is 0 Å². The fourth-order valence-corrected chi connectivity index (χ4v) is 5.60. The fourth-order valence-electron chi connectivity index (χ4n) is 5.44. The van der Waals surface area contributed by atoms with Crippen LogP contribution in [-0.4, -0.2) is 44.2 Å². The normalized spacial score (nSPS) is 16.6. The number of rotatable bonds is 3. The Morgan fingerprint density at radius 2 is 1.94 bits per heavy atom. The molecule has 1 fully saturated rings. The third kappa shape index (κ3) is 3.59. The molecule has 2 aliphatic rings. The summed E-state index contributed by atoms with van der Waals surface area (Å²) in [6.07, 6.45) is 2.78. The summed E-state index contributed by atoms with van der Waals surface area (Å²) in [5.41, 5.74) is 3.57. The molecule has 184 valence electrons. The third-order valence-corrected chi connectivity index (χ3v) is 7.65. The van der Waals surface area contributed by atoms with Crippen molar-refractivity contribution in [2.45, 2.75) is 31.9 Å². The van der Waals surface area contributed by atoms with Gasteiger partial charge in [0.25, 0.3) is 5.91 Å². The molecular formula is C27H24ClFN4O3. The number of halogens is 2. The minimum absolute atomic E-state index is 0.0863. The second-order valence-corrected chi connectivity index (χ2v) is 10.0. The lowest BCUT2D eigenvalue weighted by Crippen LogP contribution is -2.45. The van der Waals surface area contributed by atoms with Gasteiger partial charge in [0, 0.05) is 60.8 Å². The largest absolute Gasteiger partial charge is 0.450 e. The van der Waals surface area contributed by atoms with E-state index in [0.29, 0.717) is 48.6 Å². The Balaban J connectivity index is 1.28. The minimum Gasteiger partial charge on any atom is -0.450 e. The zero-order valence-corrected chi connectivity index (χ0v) is 20.7. The first-order valence-corrected chi connectivity index (χ1v) is 12.2. The van der Waals surface area contributed by atoms with Crippen molar-refractivity contribution in [3.05, 3.63) is 87.6 Å². The van der Waals surface area contributed by atoms with Crippen LogP contribution in [0.5, 0.6) is 0 Å². The number of hydrogen-bond donors (Lipinski definition) is 0. The number of carbonyl (C=O) groups excluding carboxylic acids is 2. The predicted molar refractivity (Wildman–Crippen MR) is 133 cm³/mol. The molecule has 0 atom stereocenters. The Hall–Kier alpha value is -3.65. The van der Waals surface area contributed by atoms with Crippen molar-refractivity contribution in [2.75, 3.05) is 13.1 Å². The lowest BCUT2D eigenvalue weighted by Gasteiger charge is -2.38. The molecule has 1 spiro atoms. The van der Waals surface area contributed by atoms with E-state index in [9.17, 15) is 14.0 Å². The van der Waals surface area contributed by atoms with Gasteiger partial charge in [-0.1, -0.05) is 23.7 Å². The first-order valence-electron chi connectivity index (χ1n) is 11.8. The van der Waals surface area contributed by atoms with Gasteiger partial charge in [-0.2, -0.15) is 5.10 Å². The molecule has 0 bridgehead atoms. The van der Waals surface area contributed by atoms with Crippen LogP contribution in [0.4, 0.5) is 4.39 Å². The van der Waals surface area contributed by atoms with E-state index in [1.165, 1.54) is 12.1 Å². The number of benzene rings is 2. The number of aryl methyl sites for hydroxylation is 2. The molecule has 0 saturated carbocycles. The second kappa shape index (κ2) is 8.20. The minimum atomic E-state index is -0.810. The summed E-state index contributed by atoms with van der Waals surface area (Å²) < 4.78 is 23.3. The number of hydrogen-bond acceptors (Lipinski definition) is 4. The molecule has 1 amide bonds. The Labute approximate surface area is 212 Å². The van der Waals surface area contributed by atoms with Gasteiger partial charge in [-0.25, -0.2) is 9.18 Å². The number of nitrogens with zero attached hydrogens (tertiary/aromatic N) is 4. The quantitative estimate of drug-likeness (QED) is 0.373. The van der Waals surface area contributed by atoms with Gasteiger partial charge in [-0.05, 0) is 37.3 Å². The molecule has 0 unspecified atom stereocenters. The number of carbonyl (C=O) groups is 2. The smallest absolute Gasteiger partial charge is 0.339 e. The highest BCUT2D eigenvalue weighted by atomic mass is 35.5. The van der Waals surface area contributed by atoms with Crippen LogP contribution in [0.15, 0.2) is 48.7 Å². The van der Waals surface area contributed by atoms with E-state index in [1.807, 2.05) is 47.6 Å². The van der Waals surface area contributed by atoms with E-state index in [0.717, 1.165) is 22.3 Å². The molecule has 4 aromatic rings. The molecule has 36 heavy (non-hydrogen) atoms. The molecule has 1 saturated heterocycles. The molecule has 0 aliphatic carbocycles. The highest BCUT2D eigenvalue weighted by Crippen LogP contribution is 2.44. The van der Waals surface area contributed by atoms with Gasteiger partial charge in [0.1, 0.15) is 11.4 Å². The number of likely N-dealkylation sites (tertiary alicyclic amines) is 1. The van der Waals surface area contributed by atoms with Crippen molar-refractivity contribution in [1.29, 1.82) is 0 Å². The van der Waals surface area contributed by atoms with E-state index in [1.54, 1.807) is 17.0 Å². The van der Waals surface area contributed by atoms with Gasteiger partial charge in [-0.3, -0.25) is 9.48 Å². The Bertz CT molecular complexity index is 1530. The zero-order chi connectivity index (χ0) is 25.2. The number of piperidine rings is 1. The zero-order valence-electron chi connectivity index (χ0n) is 19.9. The number of ether oxygens (including phenoxy) is 1. The van der Waals surface area contributed by atoms with Crippen LogP contribution in [0.3, 0.4) is 0 Å². The molecule has 2 aromatic carbocycles. The SMILES string of the molecule is Cc1cc(Cn2cc(C(=O)N3CCC4(CC3)OC(=O)c3cc(F)ccc34)c3ccc(Cl)cc32)nn1C. The number of amides is 1. The molecule has 0 radical (unpaired) electrons. The van der Waals surface area contributed by atoms with E-state index < -0.39 is 17.4 Å². The maximum absolute atomic E-state index is 13.7. The summed E-state index contributed by atoms with van der Waals surface area (Å²) in [7, 11) is 1.90. The Morgan fingerprint density at radius 3 is 2.67 bits per heavy atom. The van der Waals surface area contributed by atoms with Gasteiger partial charge in [0.05, 0.1) is 28.9 Å². The monoisotopic (exact) mass is 506 g/mol. The van der Waals surface area contributed by atoms with Crippen molar-refractivity contribution in [2.24, 2.45) is 7.05 Å². The van der Waals surface area contributed by atoms with Crippen LogP contribution in [-0.2, 0) is 23.9 Å². The fraction of sp³-hybridized carbons (Fsp3) is 0.296. The summed E-state index contributed by atoms with van der Waals surface area (Å²) in [5, 5.41) is 5.97. The second-order valence-electron chi connectivity index (χ2n) is 9.60. The van der Waals surface area contributed by atoms with Crippen molar-refractivity contribution in [1.82, 2.24) is 19.2 Å². The van der Waals surface area contributed by atoms with Gasteiger partial charge in [0.15, 0.2) is 0 Å². The molecule has 2 aromatic heterocycles. The lowest BCUT2D eigenvalue weighted by molar-refractivity contribution is -0.0389. The number of fused-ring (bicyclic) bond motifs is 3. The summed E-state index contributed by atoms with van der Waals surface area (Å²) in [4.78, 5) is 27.9.